The van der Waals surface area contributed by atoms with Gasteiger partial charge in [0.25, 0.3) is 0 Å². The molecule has 0 aliphatic heterocycles. The highest BCUT2D eigenvalue weighted by Crippen LogP contribution is 2.25. The maximum absolute atomic E-state index is 11.9. The molecule has 1 amide bonds. The number of benzene rings is 1. The number of halogens is 2. The van der Waals surface area contributed by atoms with Gasteiger partial charge in [-0.05, 0) is 38.6 Å². The van der Waals surface area contributed by atoms with Gasteiger partial charge in [0, 0.05) is 16.1 Å². The molecule has 20 heavy (non-hydrogen) atoms. The quantitative estimate of drug-likeness (QED) is 0.847. The second-order valence-electron chi connectivity index (χ2n) is 4.90. The number of carbonyl (C=O) groups excluding carboxylic acids is 1. The van der Waals surface area contributed by atoms with Crippen LogP contribution in [0.4, 0.5) is 0 Å². The second-order valence-corrected chi connectivity index (χ2v) is 5.75. The molecular formula is C14H20Cl2N2O2. The summed E-state index contributed by atoms with van der Waals surface area (Å²) in [5, 5.41) is 13.0. The minimum absolute atomic E-state index is 0.0162. The Labute approximate surface area is 129 Å². The fraction of sp³-hybridized carbons (Fsp3) is 0.500. The standard InChI is InChI=1S/C14H20Cl2N2O2/c1-9(8-19)18(3)7-14(20)17-10(2)12-5-4-11(15)6-13(12)16/h4-6,9-10,19H,7-8H2,1-3H3,(H,17,20). The predicted octanol–water partition coefficient (Wildman–Crippen LogP) is 2.48. The molecule has 0 radical (unpaired) electrons. The summed E-state index contributed by atoms with van der Waals surface area (Å²) in [6, 6.07) is 4.93. The minimum atomic E-state index is -0.204. The van der Waals surface area contributed by atoms with Gasteiger partial charge in [0.15, 0.2) is 0 Å². The van der Waals surface area contributed by atoms with Crippen LogP contribution >= 0.6 is 23.2 Å². The minimum Gasteiger partial charge on any atom is -0.395 e. The Hall–Kier alpha value is -0.810. The lowest BCUT2D eigenvalue weighted by Crippen LogP contribution is -2.41. The van der Waals surface area contributed by atoms with Crippen molar-refractivity contribution in [2.45, 2.75) is 25.9 Å². The predicted molar refractivity (Wildman–Crippen MR) is 82.2 cm³/mol. The molecule has 1 rings (SSSR count). The van der Waals surface area contributed by atoms with Crippen molar-refractivity contribution < 1.29 is 9.90 Å². The van der Waals surface area contributed by atoms with Crippen LogP contribution < -0.4 is 5.32 Å². The molecule has 0 spiro atoms. The summed E-state index contributed by atoms with van der Waals surface area (Å²) in [7, 11) is 1.79. The first-order valence-electron chi connectivity index (χ1n) is 6.40. The van der Waals surface area contributed by atoms with Gasteiger partial charge in [0.2, 0.25) is 5.91 Å². The average Bonchev–Trinajstić information content (AvgIpc) is 2.37. The van der Waals surface area contributed by atoms with Crippen molar-refractivity contribution in [3.05, 3.63) is 33.8 Å². The summed E-state index contributed by atoms with van der Waals surface area (Å²) in [6.07, 6.45) is 0. The van der Waals surface area contributed by atoms with E-state index in [4.69, 9.17) is 28.3 Å². The third kappa shape index (κ3) is 4.94. The van der Waals surface area contributed by atoms with Gasteiger partial charge in [-0.15, -0.1) is 0 Å². The number of aliphatic hydroxyl groups excluding tert-OH is 1. The topological polar surface area (TPSA) is 52.6 Å². The first-order chi connectivity index (χ1) is 9.35. The van der Waals surface area contributed by atoms with Crippen LogP contribution in [0.1, 0.15) is 25.5 Å². The lowest BCUT2D eigenvalue weighted by Gasteiger charge is -2.23. The van der Waals surface area contributed by atoms with Gasteiger partial charge in [0.05, 0.1) is 19.2 Å². The van der Waals surface area contributed by atoms with Crippen molar-refractivity contribution in [2.75, 3.05) is 20.2 Å². The van der Waals surface area contributed by atoms with Crippen molar-refractivity contribution in [1.82, 2.24) is 10.2 Å². The average molecular weight is 319 g/mol. The van der Waals surface area contributed by atoms with Gasteiger partial charge in [-0.1, -0.05) is 29.3 Å². The van der Waals surface area contributed by atoms with E-state index in [2.05, 4.69) is 5.32 Å². The van der Waals surface area contributed by atoms with E-state index < -0.39 is 0 Å². The van der Waals surface area contributed by atoms with E-state index in [0.717, 1.165) is 5.56 Å². The summed E-state index contributed by atoms with van der Waals surface area (Å²) in [4.78, 5) is 13.7. The molecule has 6 heteroatoms. The number of rotatable bonds is 6. The summed E-state index contributed by atoms with van der Waals surface area (Å²) in [6.45, 7) is 3.95. The van der Waals surface area contributed by atoms with E-state index in [-0.39, 0.29) is 31.1 Å². The molecule has 0 aromatic heterocycles. The number of hydrogen-bond donors (Lipinski definition) is 2. The van der Waals surface area contributed by atoms with E-state index in [9.17, 15) is 4.79 Å². The summed E-state index contributed by atoms with van der Waals surface area (Å²) in [5.41, 5.74) is 0.822. The van der Waals surface area contributed by atoms with Gasteiger partial charge >= 0.3 is 0 Å². The number of carbonyl (C=O) groups is 1. The molecule has 0 saturated carbocycles. The smallest absolute Gasteiger partial charge is 0.234 e. The van der Waals surface area contributed by atoms with E-state index >= 15 is 0 Å². The molecule has 0 saturated heterocycles. The van der Waals surface area contributed by atoms with E-state index in [1.807, 2.05) is 13.8 Å². The Morgan fingerprint density at radius 3 is 2.60 bits per heavy atom. The van der Waals surface area contributed by atoms with E-state index in [1.165, 1.54) is 0 Å². The molecular weight excluding hydrogens is 299 g/mol. The normalized spacial score (nSPS) is 14.2. The molecule has 2 N–H and O–H groups in total. The van der Waals surface area contributed by atoms with Crippen LogP contribution in [-0.4, -0.2) is 42.2 Å². The Morgan fingerprint density at radius 2 is 2.05 bits per heavy atom. The number of hydrogen-bond acceptors (Lipinski definition) is 3. The maximum atomic E-state index is 11.9. The van der Waals surface area contributed by atoms with Gasteiger partial charge < -0.3 is 10.4 Å². The zero-order valence-corrected chi connectivity index (χ0v) is 13.4. The summed E-state index contributed by atoms with van der Waals surface area (Å²) < 4.78 is 0. The number of nitrogens with zero attached hydrogens (tertiary/aromatic N) is 1. The molecule has 1 aromatic carbocycles. The highest BCUT2D eigenvalue weighted by molar-refractivity contribution is 6.35. The molecule has 2 unspecified atom stereocenters. The second kappa shape index (κ2) is 7.84. The van der Waals surface area contributed by atoms with Gasteiger partial charge in [-0.3, -0.25) is 9.69 Å². The molecule has 0 bridgehead atoms. The highest BCUT2D eigenvalue weighted by Gasteiger charge is 2.16. The molecule has 0 aliphatic rings. The SMILES string of the molecule is CC(NC(=O)CN(C)C(C)CO)c1ccc(Cl)cc1Cl. The largest absolute Gasteiger partial charge is 0.395 e. The molecule has 2 atom stereocenters. The monoisotopic (exact) mass is 318 g/mol. The van der Waals surface area contributed by atoms with Crippen molar-refractivity contribution in [3.8, 4) is 0 Å². The third-order valence-corrected chi connectivity index (χ3v) is 3.78. The Kier molecular flexibility index (Phi) is 6.76. The van der Waals surface area contributed by atoms with Crippen molar-refractivity contribution in [3.63, 3.8) is 0 Å². The van der Waals surface area contributed by atoms with Gasteiger partial charge in [0.1, 0.15) is 0 Å². The molecule has 0 fully saturated rings. The summed E-state index contributed by atoms with van der Waals surface area (Å²) >= 11 is 12.0. The van der Waals surface area contributed by atoms with E-state index in [0.29, 0.717) is 10.0 Å². The van der Waals surface area contributed by atoms with Crippen LogP contribution in [0.3, 0.4) is 0 Å². The van der Waals surface area contributed by atoms with Crippen molar-refractivity contribution >= 4 is 29.1 Å². The van der Waals surface area contributed by atoms with Crippen LogP contribution in [0, 0.1) is 0 Å². The molecule has 0 aliphatic carbocycles. The van der Waals surface area contributed by atoms with Gasteiger partial charge in [-0.25, -0.2) is 0 Å². The van der Waals surface area contributed by atoms with Crippen LogP contribution in [0.15, 0.2) is 18.2 Å². The van der Waals surface area contributed by atoms with Crippen molar-refractivity contribution in [1.29, 1.82) is 0 Å². The molecule has 112 valence electrons. The van der Waals surface area contributed by atoms with Crippen LogP contribution in [0.2, 0.25) is 10.0 Å². The fourth-order valence-electron chi connectivity index (χ4n) is 1.74. The van der Waals surface area contributed by atoms with E-state index in [1.54, 1.807) is 30.1 Å². The van der Waals surface area contributed by atoms with Gasteiger partial charge in [-0.2, -0.15) is 0 Å². The van der Waals surface area contributed by atoms with Crippen LogP contribution in [-0.2, 0) is 4.79 Å². The number of likely N-dealkylation sites (N-methyl/N-ethyl adjacent to an activating group) is 1. The fourth-order valence-corrected chi connectivity index (χ4v) is 2.31. The zero-order valence-electron chi connectivity index (χ0n) is 11.9. The Morgan fingerprint density at radius 1 is 1.40 bits per heavy atom. The molecule has 1 aromatic rings. The number of aliphatic hydroxyl groups is 1. The Balaban J connectivity index is 2.61. The first kappa shape index (κ1) is 17.2. The highest BCUT2D eigenvalue weighted by atomic mass is 35.5. The molecule has 4 nitrogen and oxygen atoms in total. The molecule has 0 heterocycles. The van der Waals surface area contributed by atoms with Crippen LogP contribution in [0.25, 0.3) is 0 Å². The Bertz CT molecular complexity index is 468. The lowest BCUT2D eigenvalue weighted by atomic mass is 10.1. The number of amides is 1. The first-order valence-corrected chi connectivity index (χ1v) is 7.16. The van der Waals surface area contributed by atoms with Crippen LogP contribution in [0.5, 0.6) is 0 Å². The lowest BCUT2D eigenvalue weighted by molar-refractivity contribution is -0.123. The maximum Gasteiger partial charge on any atom is 0.234 e. The third-order valence-electron chi connectivity index (χ3n) is 3.22. The van der Waals surface area contributed by atoms with Crippen molar-refractivity contribution in [2.24, 2.45) is 0 Å². The number of nitrogens with one attached hydrogen (secondary N) is 1. The summed E-state index contributed by atoms with van der Waals surface area (Å²) in [5.74, 6) is -0.119. The zero-order chi connectivity index (χ0) is 15.3.